The van der Waals surface area contributed by atoms with Gasteiger partial charge in [0.15, 0.2) is 5.54 Å². The minimum atomic E-state index is -1.64. The van der Waals surface area contributed by atoms with Gasteiger partial charge in [-0.3, -0.25) is 4.99 Å². The smallest absolute Gasteiger partial charge is 0.331 e. The lowest BCUT2D eigenvalue weighted by atomic mass is 9.84. The van der Waals surface area contributed by atoms with Crippen LogP contribution in [-0.4, -0.2) is 28.0 Å². The average Bonchev–Trinajstić information content (AvgIpc) is 2.59. The molecule has 0 fully saturated rings. The predicted octanol–water partition coefficient (Wildman–Crippen LogP) is 4.90. The highest BCUT2D eigenvalue weighted by Gasteiger charge is 2.42. The first-order valence-corrected chi connectivity index (χ1v) is 8.40. The van der Waals surface area contributed by atoms with E-state index in [4.69, 9.17) is 0 Å². The van der Waals surface area contributed by atoms with Crippen LogP contribution in [0.2, 0.25) is 0 Å². The molecule has 0 spiro atoms. The third kappa shape index (κ3) is 4.75. The Morgan fingerprint density at radius 1 is 1.00 bits per heavy atom. The van der Waals surface area contributed by atoms with Crippen LogP contribution in [0.1, 0.15) is 44.7 Å². The maximum atomic E-state index is 14.4. The van der Waals surface area contributed by atoms with E-state index in [2.05, 4.69) is 4.99 Å². The first-order chi connectivity index (χ1) is 11.8. The molecule has 3 nitrogen and oxygen atoms in total. The van der Waals surface area contributed by atoms with Crippen molar-refractivity contribution in [1.82, 2.24) is 0 Å². The van der Waals surface area contributed by atoms with Crippen LogP contribution in [0.3, 0.4) is 0 Å². The van der Waals surface area contributed by atoms with Crippen LogP contribution < -0.4 is 0 Å². The van der Waals surface area contributed by atoms with Gasteiger partial charge >= 0.3 is 5.97 Å². The van der Waals surface area contributed by atoms with Gasteiger partial charge in [0.25, 0.3) is 0 Å². The van der Waals surface area contributed by atoms with Gasteiger partial charge in [-0.1, -0.05) is 67.6 Å². The minimum absolute atomic E-state index is 0.186. The molecule has 1 unspecified atom stereocenters. The number of hydrogen-bond donors (Lipinski definition) is 1. The van der Waals surface area contributed by atoms with Gasteiger partial charge in [0, 0.05) is 17.5 Å². The molecule has 1 N–H and O–H groups in total. The van der Waals surface area contributed by atoms with E-state index in [1.165, 1.54) is 13.8 Å². The van der Waals surface area contributed by atoms with Gasteiger partial charge in [-0.25, -0.2) is 9.18 Å². The zero-order valence-corrected chi connectivity index (χ0v) is 14.9. The number of alkyl halides is 1. The Hall–Kier alpha value is -2.49. The van der Waals surface area contributed by atoms with E-state index >= 15 is 0 Å². The molecule has 0 heterocycles. The van der Waals surface area contributed by atoms with Gasteiger partial charge < -0.3 is 5.11 Å². The summed E-state index contributed by atoms with van der Waals surface area (Å²) in [5, 5.41) is 9.86. The van der Waals surface area contributed by atoms with Gasteiger partial charge in [-0.2, -0.15) is 0 Å². The number of aliphatic imine (C=N–C) groups is 1. The number of benzene rings is 2. The third-order valence-corrected chi connectivity index (χ3v) is 4.12. The Bertz CT molecular complexity index is 694. The Morgan fingerprint density at radius 3 is 1.76 bits per heavy atom. The number of carboxylic acids is 1. The molecule has 2 aromatic rings. The molecule has 0 aliphatic carbocycles. The summed E-state index contributed by atoms with van der Waals surface area (Å²) < 4.78 is 14.4. The van der Waals surface area contributed by atoms with Crippen molar-refractivity contribution in [2.75, 3.05) is 0 Å². The minimum Gasteiger partial charge on any atom is -0.479 e. The first kappa shape index (κ1) is 18.8. The van der Waals surface area contributed by atoms with E-state index in [-0.39, 0.29) is 12.8 Å². The lowest BCUT2D eigenvalue weighted by Gasteiger charge is -2.30. The molecule has 2 rings (SSSR count). The van der Waals surface area contributed by atoms with Crippen molar-refractivity contribution in [1.29, 1.82) is 0 Å². The third-order valence-electron chi connectivity index (χ3n) is 4.12. The first-order valence-electron chi connectivity index (χ1n) is 8.40. The summed E-state index contributed by atoms with van der Waals surface area (Å²) in [5.74, 6) is -1.11. The van der Waals surface area contributed by atoms with Crippen molar-refractivity contribution in [2.24, 2.45) is 4.99 Å². The molecule has 0 aliphatic heterocycles. The van der Waals surface area contributed by atoms with Crippen molar-refractivity contribution in [3.8, 4) is 0 Å². The number of carboxylic acid groups (broad SMARTS) is 1. The SMILES string of the molecule is CCC(CC(C)(C)F)(N=C(c1ccccc1)c1ccccc1)C(=O)O. The number of halogens is 1. The second-order valence-corrected chi connectivity index (χ2v) is 6.78. The molecule has 0 saturated heterocycles. The number of rotatable bonds is 7. The van der Waals surface area contributed by atoms with Crippen LogP contribution in [-0.2, 0) is 4.79 Å². The second kappa shape index (κ2) is 7.60. The van der Waals surface area contributed by atoms with Crippen LogP contribution in [0.25, 0.3) is 0 Å². The Balaban J connectivity index is 2.66. The quantitative estimate of drug-likeness (QED) is 0.729. The van der Waals surface area contributed by atoms with Crippen molar-refractivity contribution < 1.29 is 14.3 Å². The fraction of sp³-hybridized carbons (Fsp3) is 0.333. The molecule has 0 saturated carbocycles. The van der Waals surface area contributed by atoms with E-state index in [9.17, 15) is 14.3 Å². The summed E-state index contributed by atoms with van der Waals surface area (Å²) in [6.07, 6.45) is 0.0217. The number of aliphatic carboxylic acids is 1. The molecule has 0 aliphatic rings. The molecule has 0 aromatic heterocycles. The number of carbonyl (C=O) groups is 1. The molecule has 4 heteroatoms. The molecule has 0 bridgehead atoms. The normalized spacial score (nSPS) is 13.8. The summed E-state index contributed by atoms with van der Waals surface area (Å²) in [6.45, 7) is 4.51. The van der Waals surface area contributed by atoms with Gasteiger partial charge in [0.05, 0.1) is 5.71 Å². The molecule has 0 amide bonds. The molecular formula is C21H24FNO2. The van der Waals surface area contributed by atoms with E-state index in [0.29, 0.717) is 5.71 Å². The number of hydrogen-bond acceptors (Lipinski definition) is 2. The summed E-state index contributed by atoms with van der Waals surface area (Å²) >= 11 is 0. The van der Waals surface area contributed by atoms with E-state index in [0.717, 1.165) is 11.1 Å². The van der Waals surface area contributed by atoms with E-state index < -0.39 is 17.2 Å². The highest BCUT2D eigenvalue weighted by molar-refractivity contribution is 6.13. The highest BCUT2D eigenvalue weighted by atomic mass is 19.1. The van der Waals surface area contributed by atoms with E-state index in [1.807, 2.05) is 60.7 Å². The van der Waals surface area contributed by atoms with Crippen LogP contribution in [0.15, 0.2) is 65.7 Å². The Morgan fingerprint density at radius 2 is 1.44 bits per heavy atom. The zero-order valence-electron chi connectivity index (χ0n) is 14.9. The zero-order chi connectivity index (χ0) is 18.5. The molecule has 2 aromatic carbocycles. The Labute approximate surface area is 148 Å². The monoisotopic (exact) mass is 341 g/mol. The highest BCUT2D eigenvalue weighted by Crippen LogP contribution is 2.32. The summed E-state index contributed by atoms with van der Waals surface area (Å²) in [6, 6.07) is 18.8. The van der Waals surface area contributed by atoms with Crippen molar-refractivity contribution >= 4 is 11.7 Å². The number of nitrogens with zero attached hydrogens (tertiary/aromatic N) is 1. The van der Waals surface area contributed by atoms with Crippen molar-refractivity contribution in [2.45, 2.75) is 44.8 Å². The maximum absolute atomic E-state index is 14.4. The van der Waals surface area contributed by atoms with Crippen LogP contribution >= 0.6 is 0 Å². The fourth-order valence-electron chi connectivity index (χ4n) is 2.92. The maximum Gasteiger partial charge on any atom is 0.331 e. The van der Waals surface area contributed by atoms with E-state index in [1.54, 1.807) is 6.92 Å². The standard InChI is InChI=1S/C21H24FNO2/c1-4-21(19(24)25,15-20(2,3)22)23-18(16-11-7-5-8-12-16)17-13-9-6-10-14-17/h5-14H,4,15H2,1-3H3,(H,24,25). The molecule has 132 valence electrons. The second-order valence-electron chi connectivity index (χ2n) is 6.78. The topological polar surface area (TPSA) is 49.7 Å². The van der Waals surface area contributed by atoms with Crippen molar-refractivity contribution in [3.63, 3.8) is 0 Å². The molecule has 1 atom stereocenters. The van der Waals surface area contributed by atoms with Gasteiger partial charge in [0.2, 0.25) is 0 Å². The van der Waals surface area contributed by atoms with Crippen molar-refractivity contribution in [3.05, 3.63) is 71.8 Å². The van der Waals surface area contributed by atoms with Crippen LogP contribution in [0.5, 0.6) is 0 Å². The Kier molecular flexibility index (Phi) is 5.73. The largest absolute Gasteiger partial charge is 0.479 e. The average molecular weight is 341 g/mol. The summed E-state index contributed by atoms with van der Waals surface area (Å²) in [5.41, 5.74) is -0.973. The van der Waals surface area contributed by atoms with Gasteiger partial charge in [0.1, 0.15) is 5.67 Å². The fourth-order valence-corrected chi connectivity index (χ4v) is 2.92. The summed E-state index contributed by atoms with van der Waals surface area (Å²) in [7, 11) is 0. The lowest BCUT2D eigenvalue weighted by molar-refractivity contribution is -0.144. The van der Waals surface area contributed by atoms with Gasteiger partial charge in [-0.05, 0) is 20.3 Å². The molecule has 0 radical (unpaired) electrons. The lowest BCUT2D eigenvalue weighted by Crippen LogP contribution is -2.42. The van der Waals surface area contributed by atoms with Gasteiger partial charge in [-0.15, -0.1) is 0 Å². The predicted molar refractivity (Wildman–Crippen MR) is 99.0 cm³/mol. The molecule has 25 heavy (non-hydrogen) atoms. The van der Waals surface area contributed by atoms with Crippen LogP contribution in [0.4, 0.5) is 4.39 Å². The molecular weight excluding hydrogens is 317 g/mol. The summed E-state index contributed by atoms with van der Waals surface area (Å²) in [4.78, 5) is 16.7. The van der Waals surface area contributed by atoms with Crippen LogP contribution in [0, 0.1) is 0 Å².